The summed E-state index contributed by atoms with van der Waals surface area (Å²) in [6.07, 6.45) is 7.45. The number of hydrogen-bond acceptors (Lipinski definition) is 6. The summed E-state index contributed by atoms with van der Waals surface area (Å²) in [4.78, 5) is 9.64. The van der Waals surface area contributed by atoms with Crippen molar-refractivity contribution in [1.29, 1.82) is 5.26 Å². The van der Waals surface area contributed by atoms with E-state index in [0.717, 1.165) is 11.1 Å². The number of benzene rings is 1. The lowest BCUT2D eigenvalue weighted by molar-refractivity contribution is 0.470. The maximum Gasteiger partial charge on any atom is 0.240 e. The second-order valence-corrected chi connectivity index (χ2v) is 7.02. The molecule has 2 aromatic rings. The van der Waals surface area contributed by atoms with Crippen LogP contribution < -0.4 is 4.72 Å². The number of hydrogen-bond donors (Lipinski definition) is 1. The average molecular weight is 329 g/mol. The van der Waals surface area contributed by atoms with E-state index >= 15 is 0 Å². The van der Waals surface area contributed by atoms with E-state index in [-0.39, 0.29) is 10.9 Å². The van der Waals surface area contributed by atoms with E-state index in [1.54, 1.807) is 41.6 Å². The van der Waals surface area contributed by atoms with E-state index in [2.05, 4.69) is 14.7 Å². The van der Waals surface area contributed by atoms with Gasteiger partial charge in [-0.2, -0.15) is 5.26 Å². The van der Waals surface area contributed by atoms with Crippen LogP contribution in [0.2, 0.25) is 0 Å². The second kappa shape index (κ2) is 6.32. The molecule has 0 bridgehead atoms. The third-order valence-electron chi connectivity index (χ3n) is 3.71. The molecule has 1 aromatic carbocycles. The zero-order valence-corrected chi connectivity index (χ0v) is 13.1. The molecule has 0 radical (unpaired) electrons. The summed E-state index contributed by atoms with van der Waals surface area (Å²) in [6.45, 7) is 0.992. The fourth-order valence-electron chi connectivity index (χ4n) is 2.51. The lowest BCUT2D eigenvalue weighted by atomic mass is 10.1. The van der Waals surface area contributed by atoms with Gasteiger partial charge in [0, 0.05) is 37.1 Å². The van der Waals surface area contributed by atoms with Gasteiger partial charge in [-0.25, -0.2) is 23.1 Å². The quantitative estimate of drug-likeness (QED) is 0.839. The van der Waals surface area contributed by atoms with Crippen molar-refractivity contribution in [3.05, 3.63) is 43.0 Å². The van der Waals surface area contributed by atoms with Gasteiger partial charge >= 0.3 is 0 Å². The van der Waals surface area contributed by atoms with Crippen LogP contribution in [0, 0.1) is 11.5 Å². The third-order valence-corrected chi connectivity index (χ3v) is 5.25. The van der Waals surface area contributed by atoms with Crippen molar-refractivity contribution in [2.45, 2.75) is 17.4 Å². The first-order valence-electron chi connectivity index (χ1n) is 7.11. The van der Waals surface area contributed by atoms with Crippen LogP contribution >= 0.6 is 0 Å². The highest BCUT2D eigenvalue weighted by atomic mass is 32.2. The number of nitriles is 1. The van der Waals surface area contributed by atoms with Gasteiger partial charge in [0.2, 0.25) is 10.0 Å². The molecule has 23 heavy (non-hydrogen) atoms. The van der Waals surface area contributed by atoms with E-state index < -0.39 is 10.0 Å². The SMILES string of the molecule is N#CN1CCC(NS(=O)(=O)c2ccc(-c3cncnc3)cc2)C1. The van der Waals surface area contributed by atoms with Crippen LogP contribution in [0.15, 0.2) is 47.9 Å². The van der Waals surface area contributed by atoms with E-state index in [9.17, 15) is 8.42 Å². The van der Waals surface area contributed by atoms with Crippen molar-refractivity contribution in [3.63, 3.8) is 0 Å². The maximum absolute atomic E-state index is 12.4. The van der Waals surface area contributed by atoms with E-state index in [1.165, 1.54) is 6.33 Å². The monoisotopic (exact) mass is 329 g/mol. The molecule has 2 heterocycles. The van der Waals surface area contributed by atoms with Crippen LogP contribution in [0.4, 0.5) is 0 Å². The van der Waals surface area contributed by atoms with Gasteiger partial charge in [0.1, 0.15) is 6.33 Å². The maximum atomic E-state index is 12.4. The molecule has 3 rings (SSSR count). The molecule has 118 valence electrons. The van der Waals surface area contributed by atoms with Gasteiger partial charge in [0.25, 0.3) is 0 Å². The molecule has 1 aliphatic rings. The molecular weight excluding hydrogens is 314 g/mol. The molecule has 1 aliphatic heterocycles. The summed E-state index contributed by atoms with van der Waals surface area (Å²) in [7, 11) is -3.59. The Labute approximate surface area is 134 Å². The molecule has 1 unspecified atom stereocenters. The minimum atomic E-state index is -3.59. The number of nitrogens with one attached hydrogen (secondary N) is 1. The predicted octanol–water partition coefficient (Wildman–Crippen LogP) is 0.977. The van der Waals surface area contributed by atoms with Gasteiger partial charge in [0.15, 0.2) is 6.19 Å². The Balaban J connectivity index is 1.75. The fourth-order valence-corrected chi connectivity index (χ4v) is 3.77. The molecule has 1 aromatic heterocycles. The number of rotatable bonds is 4. The molecule has 0 amide bonds. The van der Waals surface area contributed by atoms with E-state index in [1.807, 2.05) is 6.19 Å². The van der Waals surface area contributed by atoms with Crippen LogP contribution in [0.5, 0.6) is 0 Å². The topological polar surface area (TPSA) is 99.0 Å². The Morgan fingerprint density at radius 3 is 2.48 bits per heavy atom. The van der Waals surface area contributed by atoms with Crippen molar-refractivity contribution in [3.8, 4) is 17.3 Å². The Morgan fingerprint density at radius 2 is 1.87 bits per heavy atom. The first-order valence-corrected chi connectivity index (χ1v) is 8.59. The standard InChI is InChI=1S/C15H15N5O2S/c16-10-20-6-5-14(9-20)19-23(21,22)15-3-1-12(2-4-15)13-7-17-11-18-8-13/h1-4,7-8,11,14,19H,5-6,9H2. The minimum Gasteiger partial charge on any atom is -0.309 e. The smallest absolute Gasteiger partial charge is 0.240 e. The summed E-state index contributed by atoms with van der Waals surface area (Å²) < 4.78 is 27.4. The van der Waals surface area contributed by atoms with E-state index in [0.29, 0.717) is 19.5 Å². The van der Waals surface area contributed by atoms with Gasteiger partial charge < -0.3 is 4.90 Å². The first kappa shape index (κ1) is 15.4. The van der Waals surface area contributed by atoms with Crippen molar-refractivity contribution in [2.75, 3.05) is 13.1 Å². The van der Waals surface area contributed by atoms with Crippen molar-refractivity contribution in [2.24, 2.45) is 0 Å². The Hall–Kier alpha value is -2.50. The molecular formula is C15H15N5O2S. The first-order chi connectivity index (χ1) is 11.1. The van der Waals surface area contributed by atoms with Crippen LogP contribution in [-0.4, -0.2) is 42.4 Å². The lowest BCUT2D eigenvalue weighted by Crippen LogP contribution is -2.36. The average Bonchev–Trinajstić information content (AvgIpc) is 3.03. The highest BCUT2D eigenvalue weighted by Crippen LogP contribution is 2.20. The van der Waals surface area contributed by atoms with E-state index in [4.69, 9.17) is 5.26 Å². The Kier molecular flexibility index (Phi) is 4.23. The summed E-state index contributed by atoms with van der Waals surface area (Å²) in [5, 5.41) is 8.83. The highest BCUT2D eigenvalue weighted by Gasteiger charge is 2.26. The number of nitrogens with zero attached hydrogens (tertiary/aromatic N) is 4. The molecule has 0 saturated carbocycles. The molecule has 1 atom stereocenters. The van der Waals surface area contributed by atoms with Gasteiger partial charge in [0.05, 0.1) is 4.90 Å². The lowest BCUT2D eigenvalue weighted by Gasteiger charge is -2.13. The summed E-state index contributed by atoms with van der Waals surface area (Å²) >= 11 is 0. The molecule has 0 aliphatic carbocycles. The molecule has 1 fully saturated rings. The molecule has 1 N–H and O–H groups in total. The largest absolute Gasteiger partial charge is 0.309 e. The third kappa shape index (κ3) is 3.47. The number of likely N-dealkylation sites (tertiary alicyclic amines) is 1. The highest BCUT2D eigenvalue weighted by molar-refractivity contribution is 7.89. The Morgan fingerprint density at radius 1 is 1.17 bits per heavy atom. The fraction of sp³-hybridized carbons (Fsp3) is 0.267. The zero-order chi connectivity index (χ0) is 16.3. The van der Waals surface area contributed by atoms with Crippen molar-refractivity contribution in [1.82, 2.24) is 19.6 Å². The molecule has 1 saturated heterocycles. The van der Waals surface area contributed by atoms with Crippen molar-refractivity contribution >= 4 is 10.0 Å². The molecule has 7 nitrogen and oxygen atoms in total. The van der Waals surface area contributed by atoms with Crippen LogP contribution in [0.3, 0.4) is 0 Å². The number of aromatic nitrogens is 2. The minimum absolute atomic E-state index is 0.202. The zero-order valence-electron chi connectivity index (χ0n) is 12.3. The van der Waals surface area contributed by atoms with Gasteiger partial charge in [-0.1, -0.05) is 12.1 Å². The Bertz CT molecular complexity index is 815. The van der Waals surface area contributed by atoms with Crippen LogP contribution in [0.1, 0.15) is 6.42 Å². The molecule has 0 spiro atoms. The number of sulfonamides is 1. The normalized spacial score (nSPS) is 17.9. The predicted molar refractivity (Wildman–Crippen MR) is 83.4 cm³/mol. The summed E-state index contributed by atoms with van der Waals surface area (Å²) in [6, 6.07) is 6.33. The second-order valence-electron chi connectivity index (χ2n) is 5.30. The summed E-state index contributed by atoms with van der Waals surface area (Å²) in [5.74, 6) is 0. The van der Waals surface area contributed by atoms with Crippen LogP contribution in [0.25, 0.3) is 11.1 Å². The van der Waals surface area contributed by atoms with Gasteiger partial charge in [-0.05, 0) is 24.1 Å². The molecule has 8 heteroatoms. The summed E-state index contributed by atoms with van der Waals surface area (Å²) in [5.41, 5.74) is 1.67. The van der Waals surface area contributed by atoms with Gasteiger partial charge in [-0.3, -0.25) is 0 Å². The van der Waals surface area contributed by atoms with Crippen molar-refractivity contribution < 1.29 is 8.42 Å². The van der Waals surface area contributed by atoms with Crippen LogP contribution in [-0.2, 0) is 10.0 Å². The van der Waals surface area contributed by atoms with Gasteiger partial charge in [-0.15, -0.1) is 0 Å².